The van der Waals surface area contributed by atoms with E-state index >= 15 is 0 Å². The Balaban J connectivity index is 1.12. The number of nitrogens with zero attached hydrogens (tertiary/aromatic N) is 1. The van der Waals surface area contributed by atoms with Crippen LogP contribution in [0.3, 0.4) is 0 Å². The Labute approximate surface area is 171 Å². The van der Waals surface area contributed by atoms with Gasteiger partial charge in [-0.2, -0.15) is 0 Å². The van der Waals surface area contributed by atoms with Crippen LogP contribution < -0.4 is 0 Å². The van der Waals surface area contributed by atoms with Gasteiger partial charge in [-0.15, -0.1) is 0 Å². The van der Waals surface area contributed by atoms with Gasteiger partial charge in [-0.25, -0.2) is 0 Å². The van der Waals surface area contributed by atoms with Crippen molar-refractivity contribution in [3.8, 4) is 0 Å². The van der Waals surface area contributed by atoms with Gasteiger partial charge in [0.05, 0.1) is 0 Å². The van der Waals surface area contributed by atoms with Crippen LogP contribution in [0.4, 0.5) is 0 Å². The normalized spacial score (nSPS) is 50.4. The summed E-state index contributed by atoms with van der Waals surface area (Å²) in [5.41, 5.74) is 4.34. The van der Waals surface area contributed by atoms with E-state index in [9.17, 15) is 0 Å². The van der Waals surface area contributed by atoms with Gasteiger partial charge >= 0.3 is 0 Å². The summed E-state index contributed by atoms with van der Waals surface area (Å²) in [6.07, 6.45) is 23.3. The van der Waals surface area contributed by atoms with Crippen molar-refractivity contribution in [1.29, 1.82) is 0 Å². The number of pyridine rings is 1. The standard InChI is InChI=1S/C27H37N/c1-2-28-25(17-27-14-22-6-23(15-27)8-24(7-22)16-27)9-18(1)10-26-11-19-3-20(12-26)5-21(4-19)13-26/h1-2,9,19-24H,3-8,10-17H2. The molecule has 1 nitrogen and oxygen atoms in total. The molecule has 9 rings (SSSR count). The minimum Gasteiger partial charge on any atom is -0.261 e. The van der Waals surface area contributed by atoms with E-state index in [4.69, 9.17) is 4.98 Å². The summed E-state index contributed by atoms with van der Waals surface area (Å²) in [6.45, 7) is 0. The van der Waals surface area contributed by atoms with E-state index in [1.807, 2.05) is 0 Å². The van der Waals surface area contributed by atoms with E-state index in [-0.39, 0.29) is 0 Å². The topological polar surface area (TPSA) is 12.9 Å². The number of hydrogen-bond donors (Lipinski definition) is 0. The Morgan fingerprint density at radius 3 is 1.54 bits per heavy atom. The van der Waals surface area contributed by atoms with Gasteiger partial charge in [0.1, 0.15) is 0 Å². The van der Waals surface area contributed by atoms with Crippen LogP contribution in [-0.2, 0) is 12.8 Å². The van der Waals surface area contributed by atoms with Crippen LogP contribution in [0.1, 0.15) is 88.3 Å². The predicted octanol–water partition coefficient (Wildman–Crippen LogP) is 6.60. The molecule has 0 aromatic carbocycles. The summed E-state index contributed by atoms with van der Waals surface area (Å²) in [7, 11) is 0. The maximum atomic E-state index is 4.91. The molecule has 8 aliphatic rings. The molecule has 8 fully saturated rings. The van der Waals surface area contributed by atoms with Crippen molar-refractivity contribution in [2.45, 2.75) is 89.9 Å². The third kappa shape index (κ3) is 2.74. The van der Waals surface area contributed by atoms with Crippen molar-refractivity contribution in [1.82, 2.24) is 4.98 Å². The molecule has 0 N–H and O–H groups in total. The second-order valence-electron chi connectivity index (χ2n) is 12.8. The van der Waals surface area contributed by atoms with Crippen molar-refractivity contribution in [3.63, 3.8) is 0 Å². The van der Waals surface area contributed by atoms with Crippen LogP contribution in [0.15, 0.2) is 18.3 Å². The van der Waals surface area contributed by atoms with E-state index in [2.05, 4.69) is 18.3 Å². The molecule has 8 aliphatic carbocycles. The third-order valence-electron chi connectivity index (χ3n) is 10.3. The summed E-state index contributed by atoms with van der Waals surface area (Å²) in [5.74, 6) is 6.38. The first-order valence-electron chi connectivity index (χ1n) is 12.6. The number of rotatable bonds is 4. The highest BCUT2D eigenvalue weighted by Gasteiger charge is 2.52. The molecule has 1 heteroatoms. The first kappa shape index (κ1) is 16.9. The van der Waals surface area contributed by atoms with Crippen LogP contribution in [0, 0.1) is 46.3 Å². The Hall–Kier alpha value is -0.850. The molecule has 0 unspecified atom stereocenters. The highest BCUT2D eigenvalue weighted by Crippen LogP contribution is 2.62. The molecule has 0 radical (unpaired) electrons. The fraction of sp³-hybridized carbons (Fsp3) is 0.815. The summed E-state index contributed by atoms with van der Waals surface area (Å²) in [4.78, 5) is 4.91. The molecular weight excluding hydrogens is 338 g/mol. The third-order valence-corrected chi connectivity index (χ3v) is 10.3. The fourth-order valence-corrected chi connectivity index (χ4v) is 10.6. The van der Waals surface area contributed by atoms with E-state index in [1.54, 1.807) is 44.1 Å². The average Bonchev–Trinajstić information content (AvgIpc) is 2.58. The predicted molar refractivity (Wildman–Crippen MR) is 113 cm³/mol. The van der Waals surface area contributed by atoms with Gasteiger partial charge in [0.2, 0.25) is 0 Å². The molecule has 150 valence electrons. The minimum atomic E-state index is 0.626. The summed E-state index contributed by atoms with van der Waals surface area (Å²) in [6, 6.07) is 4.92. The Bertz CT molecular complexity index is 644. The molecule has 8 saturated carbocycles. The van der Waals surface area contributed by atoms with Crippen molar-refractivity contribution < 1.29 is 0 Å². The van der Waals surface area contributed by atoms with Crippen LogP contribution in [-0.4, -0.2) is 4.98 Å². The van der Waals surface area contributed by atoms with Gasteiger partial charge in [0, 0.05) is 11.9 Å². The van der Waals surface area contributed by atoms with Crippen molar-refractivity contribution >= 4 is 0 Å². The zero-order chi connectivity index (χ0) is 18.3. The number of aromatic nitrogens is 1. The lowest BCUT2D eigenvalue weighted by molar-refractivity contribution is -0.0531. The van der Waals surface area contributed by atoms with Crippen molar-refractivity contribution in [2.75, 3.05) is 0 Å². The Kier molecular flexibility index (Phi) is 3.53. The second-order valence-corrected chi connectivity index (χ2v) is 12.8. The first-order valence-corrected chi connectivity index (χ1v) is 12.6. The van der Waals surface area contributed by atoms with Gasteiger partial charge in [-0.1, -0.05) is 0 Å². The van der Waals surface area contributed by atoms with Crippen molar-refractivity contribution in [3.05, 3.63) is 29.6 Å². The van der Waals surface area contributed by atoms with Gasteiger partial charge in [-0.05, 0) is 154 Å². The zero-order valence-electron chi connectivity index (χ0n) is 17.5. The molecule has 0 aliphatic heterocycles. The lowest BCUT2D eigenvalue weighted by Gasteiger charge is -2.57. The molecule has 28 heavy (non-hydrogen) atoms. The van der Waals surface area contributed by atoms with Crippen molar-refractivity contribution in [2.24, 2.45) is 46.3 Å². The Morgan fingerprint density at radius 2 is 1.07 bits per heavy atom. The first-order chi connectivity index (χ1) is 13.6. The van der Waals surface area contributed by atoms with Crippen LogP contribution in [0.2, 0.25) is 0 Å². The van der Waals surface area contributed by atoms with E-state index in [1.165, 1.54) is 57.1 Å². The minimum absolute atomic E-state index is 0.626. The maximum absolute atomic E-state index is 4.91. The van der Waals surface area contributed by atoms with Gasteiger partial charge in [-0.3, -0.25) is 4.98 Å². The number of hydrogen-bond acceptors (Lipinski definition) is 1. The van der Waals surface area contributed by atoms with Crippen LogP contribution in [0.5, 0.6) is 0 Å². The van der Waals surface area contributed by atoms with Gasteiger partial charge in [0.15, 0.2) is 0 Å². The molecule has 1 heterocycles. The molecular formula is C27H37N. The molecule has 0 spiro atoms. The highest BCUT2D eigenvalue weighted by molar-refractivity contribution is 5.21. The van der Waals surface area contributed by atoms with Gasteiger partial charge in [0.25, 0.3) is 0 Å². The monoisotopic (exact) mass is 375 g/mol. The SMILES string of the molecule is c1cc(CC23CC4CC(CC(C4)C2)C3)cc(CC23CC4CC(CC(C4)C2)C3)n1. The molecule has 1 aromatic heterocycles. The summed E-state index contributed by atoms with van der Waals surface area (Å²) >= 11 is 0. The smallest absolute Gasteiger partial charge is 0.0411 e. The molecule has 1 aromatic rings. The quantitative estimate of drug-likeness (QED) is 0.578. The van der Waals surface area contributed by atoms with Crippen LogP contribution in [0.25, 0.3) is 0 Å². The molecule has 8 bridgehead atoms. The lowest BCUT2D eigenvalue weighted by atomic mass is 9.48. The summed E-state index contributed by atoms with van der Waals surface area (Å²) < 4.78 is 0. The molecule has 0 amide bonds. The Morgan fingerprint density at radius 1 is 0.643 bits per heavy atom. The second kappa shape index (κ2) is 5.86. The lowest BCUT2D eigenvalue weighted by Crippen LogP contribution is -2.47. The van der Waals surface area contributed by atoms with E-state index in [0.29, 0.717) is 10.8 Å². The fourth-order valence-electron chi connectivity index (χ4n) is 10.6. The average molecular weight is 376 g/mol. The van der Waals surface area contributed by atoms with E-state index < -0.39 is 0 Å². The largest absolute Gasteiger partial charge is 0.261 e. The molecule has 0 saturated heterocycles. The highest BCUT2D eigenvalue weighted by atomic mass is 14.7. The molecule has 0 atom stereocenters. The maximum Gasteiger partial charge on any atom is 0.0411 e. The van der Waals surface area contributed by atoms with Crippen LogP contribution >= 0.6 is 0 Å². The van der Waals surface area contributed by atoms with E-state index in [0.717, 1.165) is 35.5 Å². The van der Waals surface area contributed by atoms with Gasteiger partial charge < -0.3 is 0 Å². The zero-order valence-corrected chi connectivity index (χ0v) is 17.5. The summed E-state index contributed by atoms with van der Waals surface area (Å²) in [5, 5.41) is 0.